The van der Waals surface area contributed by atoms with E-state index in [1.165, 1.54) is 135 Å². The van der Waals surface area contributed by atoms with Crippen molar-refractivity contribution in [2.45, 2.75) is 264 Å². The molecule has 0 radical (unpaired) electrons. The Balaban J connectivity index is 3.90. The Bertz CT molecular complexity index is 1510. The number of aliphatic hydroxyl groups is 1. The molecule has 1 amide bonds. The highest BCUT2D eigenvalue weighted by Crippen LogP contribution is 2.38. The molecular weight excluding hydrogens is 924 g/mol. The van der Waals surface area contributed by atoms with Gasteiger partial charge in [-0.2, -0.15) is 0 Å². The van der Waals surface area contributed by atoms with Gasteiger partial charge in [0.25, 0.3) is 7.82 Å². The van der Waals surface area contributed by atoms with Crippen LogP contribution in [0, 0.1) is 0 Å². The summed E-state index contributed by atoms with van der Waals surface area (Å²) in [6.45, 7) is 4.59. The molecule has 3 atom stereocenters. The molecule has 3 unspecified atom stereocenters. The molecule has 0 aromatic heterocycles. The first-order chi connectivity index (χ1) is 35.5. The molecule has 0 aliphatic rings. The van der Waals surface area contributed by atoms with Crippen LogP contribution >= 0.6 is 7.82 Å². The van der Waals surface area contributed by atoms with Crippen LogP contribution < -0.4 is 10.2 Å². The van der Waals surface area contributed by atoms with E-state index in [9.17, 15) is 19.4 Å². The Kier molecular flexibility index (Phi) is 52.3. The third-order valence-electron chi connectivity index (χ3n) is 13.1. The standard InChI is InChI=1S/C64H115N2O6P/c1-6-8-10-12-14-16-18-19-20-21-22-23-24-25-26-27-28-29-30-31-32-33-34-35-36-37-38-39-40-41-42-43-44-45-46-47-48-50-52-54-56-58-64(68)65-62(61-72-73(69,70)71-60-59-66(3,4)5)63(67)57-55-53-51-49-17-15-13-11-9-7-2/h8,10,14,16,19-20,22-23,25-26,28-29,31-32,34-35,62-63,67H,6-7,9,11-13,15,17-18,21,24,27,30,33,36-61H2,1-5H3,(H-,65,68,69,70)/b10-8-,16-14-,20-19-,23-22-,26-25-,29-28-,32-31-,35-34-. The minimum Gasteiger partial charge on any atom is -0.756 e. The number of nitrogens with one attached hydrogen (secondary N) is 1. The van der Waals surface area contributed by atoms with Crippen molar-refractivity contribution >= 4 is 13.7 Å². The largest absolute Gasteiger partial charge is 0.756 e. The van der Waals surface area contributed by atoms with Crippen molar-refractivity contribution in [1.82, 2.24) is 5.32 Å². The second kappa shape index (κ2) is 54.2. The van der Waals surface area contributed by atoms with E-state index in [0.717, 1.165) is 89.9 Å². The van der Waals surface area contributed by atoms with E-state index in [0.29, 0.717) is 23.9 Å². The Hall–Kier alpha value is -2.58. The number of nitrogens with zero attached hydrogens (tertiary/aromatic N) is 1. The van der Waals surface area contributed by atoms with Crippen molar-refractivity contribution in [3.63, 3.8) is 0 Å². The lowest BCUT2D eigenvalue weighted by Gasteiger charge is -2.30. The van der Waals surface area contributed by atoms with Gasteiger partial charge in [-0.05, 0) is 77.0 Å². The monoisotopic (exact) mass is 1040 g/mol. The molecule has 2 N–H and O–H groups in total. The highest BCUT2D eigenvalue weighted by Gasteiger charge is 2.24. The molecule has 0 saturated carbocycles. The molecule has 0 aromatic rings. The fourth-order valence-electron chi connectivity index (χ4n) is 8.41. The van der Waals surface area contributed by atoms with Gasteiger partial charge >= 0.3 is 0 Å². The smallest absolute Gasteiger partial charge is 0.268 e. The molecule has 422 valence electrons. The molecule has 73 heavy (non-hydrogen) atoms. The number of phosphoric ester groups is 1. The van der Waals surface area contributed by atoms with Crippen molar-refractivity contribution in [2.24, 2.45) is 0 Å². The van der Waals surface area contributed by atoms with Gasteiger partial charge in [0.2, 0.25) is 5.91 Å². The van der Waals surface area contributed by atoms with Crippen LogP contribution in [0.25, 0.3) is 0 Å². The first-order valence-corrected chi connectivity index (χ1v) is 31.5. The number of hydrogen-bond acceptors (Lipinski definition) is 6. The van der Waals surface area contributed by atoms with Crippen molar-refractivity contribution in [1.29, 1.82) is 0 Å². The summed E-state index contributed by atoms with van der Waals surface area (Å²) in [5, 5.41) is 13.9. The third kappa shape index (κ3) is 57.0. The number of amides is 1. The van der Waals surface area contributed by atoms with E-state index in [1.807, 2.05) is 21.1 Å². The van der Waals surface area contributed by atoms with Gasteiger partial charge in [0.05, 0.1) is 39.9 Å². The minimum absolute atomic E-state index is 0.00999. The number of aliphatic hydroxyl groups excluding tert-OH is 1. The quantitative estimate of drug-likeness (QED) is 0.0272. The van der Waals surface area contributed by atoms with E-state index in [2.05, 4.69) is 116 Å². The summed E-state index contributed by atoms with van der Waals surface area (Å²) >= 11 is 0. The zero-order chi connectivity index (χ0) is 53.5. The maximum absolute atomic E-state index is 12.9. The zero-order valence-electron chi connectivity index (χ0n) is 48.1. The first kappa shape index (κ1) is 70.4. The molecule has 0 heterocycles. The van der Waals surface area contributed by atoms with Crippen molar-refractivity contribution in [3.8, 4) is 0 Å². The highest BCUT2D eigenvalue weighted by atomic mass is 31.2. The van der Waals surface area contributed by atoms with Crippen molar-refractivity contribution < 1.29 is 32.9 Å². The number of unbranched alkanes of at least 4 members (excludes halogenated alkanes) is 25. The Morgan fingerprint density at radius 3 is 1.22 bits per heavy atom. The van der Waals surface area contributed by atoms with Crippen LogP contribution in [0.4, 0.5) is 0 Å². The summed E-state index contributed by atoms with van der Waals surface area (Å²) in [5.41, 5.74) is 0. The lowest BCUT2D eigenvalue weighted by molar-refractivity contribution is -0.870. The molecule has 0 bridgehead atoms. The van der Waals surface area contributed by atoms with Crippen molar-refractivity contribution in [3.05, 3.63) is 97.2 Å². The molecule has 8 nitrogen and oxygen atoms in total. The van der Waals surface area contributed by atoms with Gasteiger partial charge in [-0.15, -0.1) is 0 Å². The molecule has 0 fully saturated rings. The summed E-state index contributed by atoms with van der Waals surface area (Å²) in [6, 6.07) is -0.802. The van der Waals surface area contributed by atoms with Crippen LogP contribution in [0.3, 0.4) is 0 Å². The topological polar surface area (TPSA) is 108 Å². The number of carbonyl (C=O) groups is 1. The summed E-state index contributed by atoms with van der Waals surface area (Å²) < 4.78 is 23.3. The summed E-state index contributed by atoms with van der Waals surface area (Å²) in [7, 11) is 1.30. The van der Waals surface area contributed by atoms with Crippen LogP contribution in [-0.4, -0.2) is 68.5 Å². The van der Waals surface area contributed by atoms with E-state index in [-0.39, 0.29) is 19.1 Å². The van der Waals surface area contributed by atoms with Gasteiger partial charge in [0.15, 0.2) is 0 Å². The van der Waals surface area contributed by atoms with Gasteiger partial charge in [0.1, 0.15) is 13.2 Å². The van der Waals surface area contributed by atoms with Crippen molar-refractivity contribution in [2.75, 3.05) is 40.9 Å². The highest BCUT2D eigenvalue weighted by molar-refractivity contribution is 7.45. The Morgan fingerprint density at radius 1 is 0.493 bits per heavy atom. The molecule has 0 spiro atoms. The minimum atomic E-state index is -4.57. The zero-order valence-corrected chi connectivity index (χ0v) is 49.0. The SMILES string of the molecule is CC/C=C\C/C=C\C/C=C\C/C=C\C/C=C\C/C=C\C/C=C\C/C=C\CCCCCCCCCCCCCCCCCCC(=O)NC(COP(=O)([O-])OCC[N+](C)(C)C)C(O)CCCCCCCCCCCC. The number of hydrogen-bond donors (Lipinski definition) is 2. The number of phosphoric acid groups is 1. The average molecular weight is 1040 g/mol. The second-order valence-corrected chi connectivity index (χ2v) is 22.7. The van der Waals surface area contributed by atoms with Crippen LogP contribution in [-0.2, 0) is 18.4 Å². The first-order valence-electron chi connectivity index (χ1n) is 30.1. The second-order valence-electron chi connectivity index (χ2n) is 21.3. The van der Waals surface area contributed by atoms with Crippen LogP contribution in [0.5, 0.6) is 0 Å². The fourth-order valence-corrected chi connectivity index (χ4v) is 9.13. The van der Waals surface area contributed by atoms with E-state index in [1.54, 1.807) is 0 Å². The predicted molar refractivity (Wildman–Crippen MR) is 316 cm³/mol. The molecule has 0 aliphatic heterocycles. The van der Waals surface area contributed by atoms with Crippen LogP contribution in [0.2, 0.25) is 0 Å². The van der Waals surface area contributed by atoms with Gasteiger partial charge in [-0.1, -0.05) is 265 Å². The molecule has 0 aliphatic carbocycles. The lowest BCUT2D eigenvalue weighted by atomic mass is 10.0. The van der Waals surface area contributed by atoms with Crippen LogP contribution in [0.1, 0.15) is 251 Å². The van der Waals surface area contributed by atoms with E-state index < -0.39 is 20.0 Å². The molecule has 0 rings (SSSR count). The average Bonchev–Trinajstić information content (AvgIpc) is 3.35. The Morgan fingerprint density at radius 2 is 0.836 bits per heavy atom. The fraction of sp³-hybridized carbons (Fsp3) is 0.734. The number of carbonyl (C=O) groups excluding carboxylic acids is 1. The molecule has 9 heteroatoms. The van der Waals surface area contributed by atoms with Gasteiger partial charge in [-0.3, -0.25) is 9.36 Å². The molecule has 0 saturated heterocycles. The lowest BCUT2D eigenvalue weighted by Crippen LogP contribution is -2.46. The van der Waals surface area contributed by atoms with E-state index in [4.69, 9.17) is 9.05 Å². The summed E-state index contributed by atoms with van der Waals surface area (Å²) in [5.74, 6) is -0.168. The number of allylic oxidation sites excluding steroid dienone is 16. The van der Waals surface area contributed by atoms with Gasteiger partial charge in [-0.25, -0.2) is 0 Å². The van der Waals surface area contributed by atoms with Gasteiger partial charge < -0.3 is 28.8 Å². The number of rotatable bonds is 54. The summed E-state index contributed by atoms with van der Waals surface area (Å²) in [6.07, 6.45) is 77.5. The predicted octanol–water partition coefficient (Wildman–Crippen LogP) is 18.0. The normalized spacial score (nSPS) is 14.6. The Labute approximate surface area is 451 Å². The van der Waals surface area contributed by atoms with Crippen LogP contribution in [0.15, 0.2) is 97.2 Å². The molecular formula is C64H115N2O6P. The summed E-state index contributed by atoms with van der Waals surface area (Å²) in [4.78, 5) is 25.4. The maximum atomic E-state index is 12.9. The maximum Gasteiger partial charge on any atom is 0.268 e. The molecule has 0 aromatic carbocycles. The van der Waals surface area contributed by atoms with Gasteiger partial charge in [0, 0.05) is 6.42 Å². The number of likely N-dealkylation sites (N-methyl/N-ethyl adjacent to an activating group) is 1. The van der Waals surface area contributed by atoms with E-state index >= 15 is 0 Å². The third-order valence-corrected chi connectivity index (χ3v) is 14.1. The number of quaternary nitrogens is 1.